The Hall–Kier alpha value is -2.22. The van der Waals surface area contributed by atoms with E-state index in [1.165, 1.54) is 18.3 Å². The van der Waals surface area contributed by atoms with E-state index >= 15 is 0 Å². The SMILES string of the molecule is CC(=O)NCc1ccc(-c2nc(NC(=O)C(C)(C)c3ccc(Cl)cc3)sc2C)s1. The number of anilines is 1. The van der Waals surface area contributed by atoms with E-state index in [1.807, 2.05) is 45.0 Å². The number of thiazole rings is 1. The fourth-order valence-corrected chi connectivity index (χ4v) is 4.75. The molecule has 2 aromatic heterocycles. The Kier molecular flexibility index (Phi) is 6.41. The third-order valence-corrected chi connectivity index (χ3v) is 6.79. The molecule has 2 heterocycles. The maximum absolute atomic E-state index is 12.9. The van der Waals surface area contributed by atoms with Gasteiger partial charge in [0.2, 0.25) is 11.8 Å². The zero-order valence-electron chi connectivity index (χ0n) is 16.6. The van der Waals surface area contributed by atoms with Crippen LogP contribution in [0.1, 0.15) is 36.1 Å². The van der Waals surface area contributed by atoms with Gasteiger partial charge in [-0.25, -0.2) is 4.98 Å². The number of nitrogens with one attached hydrogen (secondary N) is 2. The molecule has 0 unspecified atom stereocenters. The minimum absolute atomic E-state index is 0.0573. The molecule has 0 aliphatic carbocycles. The number of hydrogen-bond donors (Lipinski definition) is 2. The molecule has 29 heavy (non-hydrogen) atoms. The number of hydrogen-bond acceptors (Lipinski definition) is 5. The van der Waals surface area contributed by atoms with Gasteiger partial charge in [0.1, 0.15) is 0 Å². The highest BCUT2D eigenvalue weighted by atomic mass is 35.5. The number of nitrogens with zero attached hydrogens (tertiary/aromatic N) is 1. The monoisotopic (exact) mass is 447 g/mol. The third-order valence-electron chi connectivity index (χ3n) is 4.56. The van der Waals surface area contributed by atoms with Crippen LogP contribution < -0.4 is 10.6 Å². The van der Waals surface area contributed by atoms with Crippen molar-refractivity contribution in [3.63, 3.8) is 0 Å². The highest BCUT2D eigenvalue weighted by Gasteiger charge is 2.30. The van der Waals surface area contributed by atoms with Crippen molar-refractivity contribution >= 4 is 51.2 Å². The van der Waals surface area contributed by atoms with Crippen LogP contribution in [0.3, 0.4) is 0 Å². The normalized spacial score (nSPS) is 11.3. The van der Waals surface area contributed by atoms with Gasteiger partial charge in [-0.15, -0.1) is 22.7 Å². The number of amides is 2. The predicted octanol–water partition coefficient (Wildman–Crippen LogP) is 5.39. The van der Waals surface area contributed by atoms with E-state index in [2.05, 4.69) is 15.6 Å². The zero-order valence-corrected chi connectivity index (χ0v) is 19.0. The first-order valence-electron chi connectivity index (χ1n) is 9.05. The van der Waals surface area contributed by atoms with Gasteiger partial charge < -0.3 is 10.6 Å². The summed E-state index contributed by atoms with van der Waals surface area (Å²) in [6.45, 7) is 7.74. The molecule has 2 N–H and O–H groups in total. The quantitative estimate of drug-likeness (QED) is 0.532. The van der Waals surface area contributed by atoms with Crippen molar-refractivity contribution in [3.8, 4) is 10.6 Å². The van der Waals surface area contributed by atoms with Crippen LogP contribution in [-0.4, -0.2) is 16.8 Å². The van der Waals surface area contributed by atoms with Crippen molar-refractivity contribution in [2.75, 3.05) is 5.32 Å². The topological polar surface area (TPSA) is 71.1 Å². The van der Waals surface area contributed by atoms with Crippen LogP contribution in [0.4, 0.5) is 5.13 Å². The number of aromatic nitrogens is 1. The number of benzene rings is 1. The maximum atomic E-state index is 12.9. The number of aryl methyl sites for hydroxylation is 1. The van der Waals surface area contributed by atoms with E-state index < -0.39 is 5.41 Å². The molecule has 0 aliphatic heterocycles. The van der Waals surface area contributed by atoms with Gasteiger partial charge in [-0.3, -0.25) is 9.59 Å². The van der Waals surface area contributed by atoms with Crippen LogP contribution in [0.25, 0.3) is 10.6 Å². The first-order chi connectivity index (χ1) is 13.7. The molecule has 3 aromatic rings. The van der Waals surface area contributed by atoms with E-state index in [4.69, 9.17) is 11.6 Å². The molecule has 0 radical (unpaired) electrons. The Balaban J connectivity index is 1.75. The lowest BCUT2D eigenvalue weighted by Crippen LogP contribution is -2.34. The predicted molar refractivity (Wildman–Crippen MR) is 121 cm³/mol. The Morgan fingerprint density at radius 1 is 1.10 bits per heavy atom. The second kappa shape index (κ2) is 8.65. The molecule has 0 spiro atoms. The molecular weight excluding hydrogens is 426 g/mol. The summed E-state index contributed by atoms with van der Waals surface area (Å²) in [7, 11) is 0. The molecule has 0 saturated carbocycles. The lowest BCUT2D eigenvalue weighted by atomic mass is 9.84. The third kappa shape index (κ3) is 5.04. The number of rotatable bonds is 6. The van der Waals surface area contributed by atoms with Crippen molar-refractivity contribution in [1.82, 2.24) is 10.3 Å². The average molecular weight is 448 g/mol. The molecular formula is C21H22ClN3O2S2. The van der Waals surface area contributed by atoms with Crippen molar-refractivity contribution in [1.29, 1.82) is 0 Å². The molecule has 152 valence electrons. The summed E-state index contributed by atoms with van der Waals surface area (Å²) >= 11 is 8.99. The Bertz CT molecular complexity index is 1040. The van der Waals surface area contributed by atoms with Crippen LogP contribution in [0, 0.1) is 6.92 Å². The first kappa shape index (κ1) is 21.5. The van der Waals surface area contributed by atoms with Crippen LogP contribution in [0.5, 0.6) is 0 Å². The largest absolute Gasteiger partial charge is 0.351 e. The summed E-state index contributed by atoms with van der Waals surface area (Å²) in [4.78, 5) is 31.7. The molecule has 0 aliphatic rings. The fourth-order valence-electron chi connectivity index (χ4n) is 2.74. The van der Waals surface area contributed by atoms with Gasteiger partial charge in [-0.1, -0.05) is 23.7 Å². The molecule has 0 fully saturated rings. The maximum Gasteiger partial charge on any atom is 0.236 e. The number of thiophene rings is 1. The number of halogens is 1. The van der Waals surface area contributed by atoms with Gasteiger partial charge in [0, 0.05) is 21.7 Å². The van der Waals surface area contributed by atoms with Crippen molar-refractivity contribution in [2.45, 2.75) is 39.7 Å². The average Bonchev–Trinajstić information content (AvgIpc) is 3.26. The number of carbonyl (C=O) groups excluding carboxylic acids is 2. The Morgan fingerprint density at radius 2 is 1.79 bits per heavy atom. The van der Waals surface area contributed by atoms with E-state index in [1.54, 1.807) is 23.5 Å². The summed E-state index contributed by atoms with van der Waals surface area (Å²) in [5, 5.41) is 6.96. The van der Waals surface area contributed by atoms with Gasteiger partial charge >= 0.3 is 0 Å². The van der Waals surface area contributed by atoms with E-state index in [9.17, 15) is 9.59 Å². The lowest BCUT2D eigenvalue weighted by molar-refractivity contribution is -0.120. The summed E-state index contributed by atoms with van der Waals surface area (Å²) in [5.41, 5.74) is 1.01. The van der Waals surface area contributed by atoms with Gasteiger partial charge in [0.15, 0.2) is 5.13 Å². The van der Waals surface area contributed by atoms with Crippen LogP contribution in [-0.2, 0) is 21.5 Å². The van der Waals surface area contributed by atoms with Gasteiger partial charge in [0.05, 0.1) is 22.5 Å². The van der Waals surface area contributed by atoms with Crippen LogP contribution in [0.15, 0.2) is 36.4 Å². The van der Waals surface area contributed by atoms with E-state index in [0.29, 0.717) is 16.7 Å². The van der Waals surface area contributed by atoms with Crippen LogP contribution >= 0.6 is 34.3 Å². The van der Waals surface area contributed by atoms with Gasteiger partial charge in [0.25, 0.3) is 0 Å². The summed E-state index contributed by atoms with van der Waals surface area (Å²) < 4.78 is 0. The van der Waals surface area contributed by atoms with Crippen LogP contribution in [0.2, 0.25) is 5.02 Å². The second-order valence-electron chi connectivity index (χ2n) is 7.19. The van der Waals surface area contributed by atoms with Crippen molar-refractivity contribution < 1.29 is 9.59 Å². The minimum Gasteiger partial charge on any atom is -0.351 e. The molecule has 0 bridgehead atoms. The van der Waals surface area contributed by atoms with E-state index in [-0.39, 0.29) is 11.8 Å². The first-order valence-corrected chi connectivity index (χ1v) is 11.1. The fraction of sp³-hybridized carbons (Fsp3) is 0.286. The second-order valence-corrected chi connectivity index (χ2v) is 9.99. The Labute approximate surface area is 183 Å². The molecule has 0 saturated heterocycles. The number of carbonyl (C=O) groups is 2. The van der Waals surface area contributed by atoms with Crippen molar-refractivity contribution in [3.05, 3.63) is 56.7 Å². The molecule has 2 amide bonds. The highest BCUT2D eigenvalue weighted by Crippen LogP contribution is 2.35. The minimum atomic E-state index is -0.723. The zero-order chi connectivity index (χ0) is 21.2. The highest BCUT2D eigenvalue weighted by molar-refractivity contribution is 7.18. The standard InChI is InChI=1S/C21H22ClN3O2S2/c1-12-18(17-10-9-16(29-17)11-23-13(2)26)24-20(28-12)25-19(27)21(3,4)14-5-7-15(22)8-6-14/h5-10H,11H2,1-4H3,(H,23,26)(H,24,25,27). The molecule has 0 atom stereocenters. The van der Waals surface area contributed by atoms with Crippen molar-refractivity contribution in [2.24, 2.45) is 0 Å². The van der Waals surface area contributed by atoms with Gasteiger partial charge in [-0.05, 0) is 50.6 Å². The van der Waals surface area contributed by atoms with E-state index in [0.717, 1.165) is 25.9 Å². The smallest absolute Gasteiger partial charge is 0.236 e. The lowest BCUT2D eigenvalue weighted by Gasteiger charge is -2.23. The molecule has 3 rings (SSSR count). The molecule has 1 aromatic carbocycles. The summed E-state index contributed by atoms with van der Waals surface area (Å²) in [5.74, 6) is -0.185. The van der Waals surface area contributed by atoms with Gasteiger partial charge in [-0.2, -0.15) is 0 Å². The molecule has 5 nitrogen and oxygen atoms in total. The Morgan fingerprint density at radius 3 is 2.45 bits per heavy atom. The molecule has 8 heteroatoms. The summed E-state index contributed by atoms with van der Waals surface area (Å²) in [6.07, 6.45) is 0. The summed E-state index contributed by atoms with van der Waals surface area (Å²) in [6, 6.07) is 11.3.